The summed E-state index contributed by atoms with van der Waals surface area (Å²) in [5.41, 5.74) is 1.62. The van der Waals surface area contributed by atoms with E-state index in [2.05, 4.69) is 25.0 Å². The zero-order valence-corrected chi connectivity index (χ0v) is 13.4. The summed E-state index contributed by atoms with van der Waals surface area (Å²) in [6.07, 6.45) is 1.94. The fourth-order valence-corrected chi connectivity index (χ4v) is 3.16. The quantitative estimate of drug-likeness (QED) is 0.750. The van der Waals surface area contributed by atoms with Crippen LogP contribution in [0.5, 0.6) is 0 Å². The van der Waals surface area contributed by atoms with Crippen molar-refractivity contribution in [2.45, 2.75) is 13.3 Å². The van der Waals surface area contributed by atoms with Crippen LogP contribution in [0.2, 0.25) is 0 Å². The highest BCUT2D eigenvalue weighted by molar-refractivity contribution is 7.13. The van der Waals surface area contributed by atoms with Crippen LogP contribution in [-0.2, 0) is 11.2 Å². The minimum atomic E-state index is -0.0988. The molecule has 0 fully saturated rings. The number of thiazole rings is 1. The van der Waals surface area contributed by atoms with E-state index >= 15 is 0 Å². The number of aryl methyl sites for hydroxylation is 1. The van der Waals surface area contributed by atoms with Crippen molar-refractivity contribution in [3.63, 3.8) is 0 Å². The Morgan fingerprint density at radius 2 is 2.27 bits per heavy atom. The molecule has 0 saturated carbocycles. The van der Waals surface area contributed by atoms with Crippen molar-refractivity contribution in [2.75, 3.05) is 10.6 Å². The van der Waals surface area contributed by atoms with Crippen LogP contribution >= 0.6 is 22.9 Å². The van der Waals surface area contributed by atoms with Crippen molar-refractivity contribution in [2.24, 2.45) is 0 Å². The Morgan fingerprint density at radius 1 is 1.36 bits per heavy atom. The number of carbonyl (C=O) groups is 1. The van der Waals surface area contributed by atoms with Crippen molar-refractivity contribution >= 4 is 44.7 Å². The third kappa shape index (κ3) is 3.86. The average Bonchev–Trinajstić information content (AvgIpc) is 3.09. The molecule has 112 valence electrons. The SMILES string of the molecule is Cc1cc(NC(=O)Cc2csc(Nc3ccccn3)n2)sn1. The zero-order chi connectivity index (χ0) is 15.4. The normalized spacial score (nSPS) is 10.4. The number of nitrogens with one attached hydrogen (secondary N) is 2. The van der Waals surface area contributed by atoms with Crippen LogP contribution in [0.1, 0.15) is 11.4 Å². The molecule has 0 unspecified atom stereocenters. The molecule has 0 spiro atoms. The molecule has 3 aromatic heterocycles. The first kappa shape index (κ1) is 14.6. The van der Waals surface area contributed by atoms with E-state index in [4.69, 9.17) is 0 Å². The number of nitrogens with zero attached hydrogens (tertiary/aromatic N) is 3. The first-order valence-electron chi connectivity index (χ1n) is 6.55. The lowest BCUT2D eigenvalue weighted by atomic mass is 10.3. The molecule has 0 aromatic carbocycles. The summed E-state index contributed by atoms with van der Waals surface area (Å²) in [5.74, 6) is 0.631. The maximum Gasteiger partial charge on any atom is 0.231 e. The van der Waals surface area contributed by atoms with Crippen molar-refractivity contribution in [1.29, 1.82) is 0 Å². The zero-order valence-electron chi connectivity index (χ0n) is 11.7. The lowest BCUT2D eigenvalue weighted by Crippen LogP contribution is -2.13. The Balaban J connectivity index is 1.58. The third-order valence-electron chi connectivity index (χ3n) is 2.68. The first-order valence-corrected chi connectivity index (χ1v) is 8.20. The second-order valence-electron chi connectivity index (χ2n) is 4.54. The monoisotopic (exact) mass is 331 g/mol. The Bertz CT molecular complexity index is 768. The molecular weight excluding hydrogens is 318 g/mol. The number of rotatable bonds is 5. The number of hydrogen-bond acceptors (Lipinski definition) is 7. The van der Waals surface area contributed by atoms with Gasteiger partial charge in [-0.2, -0.15) is 4.37 Å². The van der Waals surface area contributed by atoms with E-state index in [-0.39, 0.29) is 12.3 Å². The van der Waals surface area contributed by atoms with Crippen LogP contribution in [0.3, 0.4) is 0 Å². The Kier molecular flexibility index (Phi) is 4.40. The van der Waals surface area contributed by atoms with Gasteiger partial charge in [0, 0.05) is 11.6 Å². The number of aromatic nitrogens is 3. The molecular formula is C14H13N5OS2. The highest BCUT2D eigenvalue weighted by Gasteiger charge is 2.09. The summed E-state index contributed by atoms with van der Waals surface area (Å²) in [6.45, 7) is 1.89. The van der Waals surface area contributed by atoms with Gasteiger partial charge in [0.1, 0.15) is 10.8 Å². The number of hydrogen-bond donors (Lipinski definition) is 2. The van der Waals surface area contributed by atoms with Crippen LogP contribution in [0.15, 0.2) is 35.8 Å². The molecule has 0 bridgehead atoms. The maximum atomic E-state index is 12.0. The molecule has 2 N–H and O–H groups in total. The third-order valence-corrected chi connectivity index (χ3v) is 4.29. The second-order valence-corrected chi connectivity index (χ2v) is 6.20. The van der Waals surface area contributed by atoms with Crippen LogP contribution in [0, 0.1) is 6.92 Å². The number of pyridine rings is 1. The smallest absolute Gasteiger partial charge is 0.231 e. The van der Waals surface area contributed by atoms with Gasteiger partial charge < -0.3 is 10.6 Å². The maximum absolute atomic E-state index is 12.0. The molecule has 0 atom stereocenters. The van der Waals surface area contributed by atoms with Gasteiger partial charge in [-0.25, -0.2) is 9.97 Å². The summed E-state index contributed by atoms with van der Waals surface area (Å²) in [5, 5.41) is 9.26. The van der Waals surface area contributed by atoms with E-state index in [0.29, 0.717) is 0 Å². The molecule has 0 saturated heterocycles. The van der Waals surface area contributed by atoms with Crippen molar-refractivity contribution in [3.8, 4) is 0 Å². The van der Waals surface area contributed by atoms with Gasteiger partial charge in [-0.05, 0) is 36.7 Å². The molecule has 1 amide bonds. The van der Waals surface area contributed by atoms with Crippen molar-refractivity contribution < 1.29 is 4.79 Å². The van der Waals surface area contributed by atoms with Crippen LogP contribution in [0.4, 0.5) is 16.0 Å². The van der Waals surface area contributed by atoms with Gasteiger partial charge in [-0.3, -0.25) is 4.79 Å². The van der Waals surface area contributed by atoms with E-state index in [1.54, 1.807) is 6.20 Å². The number of anilines is 3. The highest BCUT2D eigenvalue weighted by Crippen LogP contribution is 2.20. The standard InChI is InChI=1S/C14H13N5OS2/c1-9-6-13(22-19-9)18-12(20)7-10-8-21-14(16-10)17-11-4-2-3-5-15-11/h2-6,8H,7H2,1H3,(H,18,20)(H,15,16,17). The van der Waals surface area contributed by atoms with Gasteiger partial charge in [0.25, 0.3) is 0 Å². The lowest BCUT2D eigenvalue weighted by molar-refractivity contribution is -0.115. The van der Waals surface area contributed by atoms with Gasteiger partial charge in [0.15, 0.2) is 5.13 Å². The largest absolute Gasteiger partial charge is 0.316 e. The van der Waals surface area contributed by atoms with Gasteiger partial charge in [-0.1, -0.05) is 6.07 Å². The number of carbonyl (C=O) groups excluding carboxylic acids is 1. The summed E-state index contributed by atoms with van der Waals surface area (Å²) >= 11 is 2.72. The van der Waals surface area contributed by atoms with E-state index in [9.17, 15) is 4.79 Å². The predicted molar refractivity (Wildman–Crippen MR) is 88.8 cm³/mol. The lowest BCUT2D eigenvalue weighted by Gasteiger charge is -2.00. The van der Waals surface area contributed by atoms with Crippen LogP contribution in [0.25, 0.3) is 0 Å². The molecule has 0 aliphatic heterocycles. The second kappa shape index (κ2) is 6.63. The van der Waals surface area contributed by atoms with Gasteiger partial charge in [0.05, 0.1) is 17.8 Å². The van der Waals surface area contributed by atoms with E-state index in [1.165, 1.54) is 22.9 Å². The molecule has 22 heavy (non-hydrogen) atoms. The Morgan fingerprint density at radius 3 is 3.00 bits per heavy atom. The highest BCUT2D eigenvalue weighted by atomic mass is 32.1. The van der Waals surface area contributed by atoms with E-state index in [1.807, 2.05) is 36.6 Å². The molecule has 0 aliphatic carbocycles. The summed E-state index contributed by atoms with van der Waals surface area (Å²) in [4.78, 5) is 20.5. The molecule has 6 nitrogen and oxygen atoms in total. The minimum Gasteiger partial charge on any atom is -0.316 e. The fraction of sp³-hybridized carbons (Fsp3) is 0.143. The number of amides is 1. The summed E-state index contributed by atoms with van der Waals surface area (Å²) in [7, 11) is 0. The summed E-state index contributed by atoms with van der Waals surface area (Å²) < 4.78 is 4.12. The fourth-order valence-electron chi connectivity index (χ4n) is 1.76. The molecule has 0 aliphatic rings. The molecule has 8 heteroatoms. The topological polar surface area (TPSA) is 79.8 Å². The first-order chi connectivity index (χ1) is 10.7. The minimum absolute atomic E-state index is 0.0988. The van der Waals surface area contributed by atoms with E-state index < -0.39 is 0 Å². The van der Waals surface area contributed by atoms with Crippen molar-refractivity contribution in [1.82, 2.24) is 14.3 Å². The Hall–Kier alpha value is -2.32. The van der Waals surface area contributed by atoms with Gasteiger partial charge >= 0.3 is 0 Å². The van der Waals surface area contributed by atoms with Crippen LogP contribution in [-0.4, -0.2) is 20.2 Å². The van der Waals surface area contributed by atoms with E-state index in [0.717, 1.165) is 27.3 Å². The van der Waals surface area contributed by atoms with Crippen LogP contribution < -0.4 is 10.6 Å². The van der Waals surface area contributed by atoms with Crippen molar-refractivity contribution in [3.05, 3.63) is 47.2 Å². The molecule has 3 heterocycles. The van der Waals surface area contributed by atoms with Gasteiger partial charge in [-0.15, -0.1) is 11.3 Å². The predicted octanol–water partition coefficient (Wildman–Crippen LogP) is 3.23. The molecule has 3 aromatic rings. The molecule has 0 radical (unpaired) electrons. The summed E-state index contributed by atoms with van der Waals surface area (Å²) in [6, 6.07) is 7.45. The Labute approximate surface area is 135 Å². The van der Waals surface area contributed by atoms with Gasteiger partial charge in [0.2, 0.25) is 5.91 Å². The average molecular weight is 331 g/mol. The molecule has 3 rings (SSSR count).